The third-order valence-corrected chi connectivity index (χ3v) is 2.05. The molecule has 1 fully saturated rings. The van der Waals surface area contributed by atoms with Gasteiger partial charge in [-0.3, -0.25) is 0 Å². The molecule has 0 radical (unpaired) electrons. The number of aromatic nitrogens is 1. The van der Waals surface area contributed by atoms with Gasteiger partial charge in [0.15, 0.2) is 0 Å². The van der Waals surface area contributed by atoms with Gasteiger partial charge < -0.3 is 10.1 Å². The van der Waals surface area contributed by atoms with E-state index in [2.05, 4.69) is 10.3 Å². The molecule has 1 saturated heterocycles. The summed E-state index contributed by atoms with van der Waals surface area (Å²) < 4.78 is 4.74. The van der Waals surface area contributed by atoms with Gasteiger partial charge in [-0.05, 0) is 11.6 Å². The Kier molecular flexibility index (Phi) is 2.06. The van der Waals surface area contributed by atoms with Crippen molar-refractivity contribution in [3.05, 3.63) is 29.0 Å². The molecule has 1 N–H and O–H groups in total. The van der Waals surface area contributed by atoms with Crippen LogP contribution in [0.25, 0.3) is 0 Å². The summed E-state index contributed by atoms with van der Waals surface area (Å²) in [7, 11) is 0. The first-order valence-electron chi connectivity index (χ1n) is 3.80. The van der Waals surface area contributed by atoms with E-state index in [4.69, 9.17) is 16.3 Å². The summed E-state index contributed by atoms with van der Waals surface area (Å²) in [4.78, 5) is 14.6. The molecule has 1 atom stereocenters. The number of carbonyl (C=O) groups excluding carboxylic acids is 1. The molecule has 1 amide bonds. The minimum absolute atomic E-state index is 0.0998. The maximum atomic E-state index is 10.7. The number of rotatable bonds is 1. The van der Waals surface area contributed by atoms with Crippen LogP contribution in [-0.4, -0.2) is 17.7 Å². The highest BCUT2D eigenvalue weighted by Crippen LogP contribution is 2.17. The van der Waals surface area contributed by atoms with Crippen LogP contribution in [0.2, 0.25) is 5.15 Å². The number of carbonyl (C=O) groups is 1. The lowest BCUT2D eigenvalue weighted by Gasteiger charge is -2.05. The van der Waals surface area contributed by atoms with E-state index < -0.39 is 0 Å². The lowest BCUT2D eigenvalue weighted by atomic mass is 10.1. The number of pyridine rings is 1. The van der Waals surface area contributed by atoms with E-state index >= 15 is 0 Å². The normalized spacial score (nSPS) is 21.0. The van der Waals surface area contributed by atoms with E-state index in [-0.39, 0.29) is 12.1 Å². The Labute approximate surface area is 79.9 Å². The molecule has 1 aromatic rings. The van der Waals surface area contributed by atoms with Gasteiger partial charge in [-0.25, -0.2) is 9.78 Å². The number of hydrogen-bond acceptors (Lipinski definition) is 3. The number of nitrogens with one attached hydrogen (secondary N) is 1. The van der Waals surface area contributed by atoms with E-state index in [1.165, 1.54) is 0 Å². The molecule has 0 aromatic carbocycles. The highest BCUT2D eigenvalue weighted by atomic mass is 35.5. The molecule has 0 saturated carbocycles. The maximum absolute atomic E-state index is 10.7. The van der Waals surface area contributed by atoms with Crippen molar-refractivity contribution in [2.45, 2.75) is 6.04 Å². The highest BCUT2D eigenvalue weighted by molar-refractivity contribution is 6.29. The monoisotopic (exact) mass is 198 g/mol. The van der Waals surface area contributed by atoms with Crippen molar-refractivity contribution in [2.24, 2.45) is 0 Å². The average Bonchev–Trinajstić information content (AvgIpc) is 2.53. The summed E-state index contributed by atoms with van der Waals surface area (Å²) in [5.74, 6) is 0. The van der Waals surface area contributed by atoms with Gasteiger partial charge in [-0.2, -0.15) is 0 Å². The SMILES string of the molecule is O=C1N[C@H](c2ccc(Cl)nc2)CO1. The van der Waals surface area contributed by atoms with Gasteiger partial charge in [0.2, 0.25) is 0 Å². The Bertz CT molecular complexity index is 325. The topological polar surface area (TPSA) is 51.2 Å². The van der Waals surface area contributed by atoms with E-state index in [0.717, 1.165) is 5.56 Å². The van der Waals surface area contributed by atoms with Crippen molar-refractivity contribution in [1.82, 2.24) is 10.3 Å². The Morgan fingerprint density at radius 1 is 1.62 bits per heavy atom. The van der Waals surface area contributed by atoms with Crippen molar-refractivity contribution in [3.8, 4) is 0 Å². The number of alkyl carbamates (subject to hydrolysis) is 1. The van der Waals surface area contributed by atoms with Crippen molar-refractivity contribution in [2.75, 3.05) is 6.61 Å². The van der Waals surface area contributed by atoms with Crippen LogP contribution in [0, 0.1) is 0 Å². The van der Waals surface area contributed by atoms with Crippen molar-refractivity contribution >= 4 is 17.7 Å². The summed E-state index contributed by atoms with van der Waals surface area (Å²) in [6, 6.07) is 3.40. The molecule has 0 unspecified atom stereocenters. The minimum atomic E-state index is -0.389. The number of cyclic esters (lactones) is 1. The van der Waals surface area contributed by atoms with Gasteiger partial charge >= 0.3 is 6.09 Å². The van der Waals surface area contributed by atoms with Crippen LogP contribution >= 0.6 is 11.6 Å². The first kappa shape index (κ1) is 8.31. The van der Waals surface area contributed by atoms with Crippen LogP contribution in [0.15, 0.2) is 18.3 Å². The first-order valence-corrected chi connectivity index (χ1v) is 4.18. The molecule has 0 aliphatic carbocycles. The summed E-state index contributed by atoms with van der Waals surface area (Å²) in [5, 5.41) is 3.08. The molecular weight excluding hydrogens is 192 g/mol. The molecule has 4 nitrogen and oxygen atoms in total. The second-order valence-electron chi connectivity index (χ2n) is 2.71. The molecule has 2 rings (SSSR count). The minimum Gasteiger partial charge on any atom is -0.447 e. The maximum Gasteiger partial charge on any atom is 0.407 e. The molecule has 5 heteroatoms. The Balaban J connectivity index is 2.17. The van der Waals surface area contributed by atoms with Gasteiger partial charge in [0.1, 0.15) is 11.8 Å². The zero-order chi connectivity index (χ0) is 9.26. The van der Waals surface area contributed by atoms with Crippen LogP contribution in [0.1, 0.15) is 11.6 Å². The number of halogens is 1. The van der Waals surface area contributed by atoms with Gasteiger partial charge in [-0.1, -0.05) is 17.7 Å². The Morgan fingerprint density at radius 3 is 3.00 bits per heavy atom. The average molecular weight is 199 g/mol. The second-order valence-corrected chi connectivity index (χ2v) is 3.10. The fourth-order valence-electron chi connectivity index (χ4n) is 1.16. The molecule has 68 valence electrons. The molecular formula is C8H7ClN2O2. The van der Waals surface area contributed by atoms with Crippen molar-refractivity contribution in [3.63, 3.8) is 0 Å². The van der Waals surface area contributed by atoms with E-state index in [1.807, 2.05) is 6.07 Å². The number of hydrogen-bond donors (Lipinski definition) is 1. The van der Waals surface area contributed by atoms with Crippen LogP contribution in [0.4, 0.5) is 4.79 Å². The van der Waals surface area contributed by atoms with Crippen LogP contribution in [0.3, 0.4) is 0 Å². The van der Waals surface area contributed by atoms with Gasteiger partial charge in [0, 0.05) is 6.20 Å². The Hall–Kier alpha value is -1.29. The summed E-state index contributed by atoms with van der Waals surface area (Å²) in [6.45, 7) is 0.349. The highest BCUT2D eigenvalue weighted by Gasteiger charge is 2.23. The molecule has 13 heavy (non-hydrogen) atoms. The lowest BCUT2D eigenvalue weighted by molar-refractivity contribution is 0.177. The lowest BCUT2D eigenvalue weighted by Crippen LogP contribution is -2.18. The largest absolute Gasteiger partial charge is 0.447 e. The zero-order valence-electron chi connectivity index (χ0n) is 6.66. The van der Waals surface area contributed by atoms with Crippen molar-refractivity contribution < 1.29 is 9.53 Å². The smallest absolute Gasteiger partial charge is 0.407 e. The predicted molar refractivity (Wildman–Crippen MR) is 46.5 cm³/mol. The molecule has 0 bridgehead atoms. The molecule has 1 aliphatic rings. The predicted octanol–water partition coefficient (Wildman–Crippen LogP) is 1.52. The number of nitrogens with zero attached hydrogens (tertiary/aromatic N) is 1. The Morgan fingerprint density at radius 2 is 2.46 bits per heavy atom. The number of amides is 1. The number of ether oxygens (including phenoxy) is 1. The van der Waals surface area contributed by atoms with E-state index in [1.54, 1.807) is 12.3 Å². The summed E-state index contributed by atoms with van der Waals surface area (Å²) >= 11 is 5.62. The third-order valence-electron chi connectivity index (χ3n) is 1.83. The fraction of sp³-hybridized carbons (Fsp3) is 0.250. The summed E-state index contributed by atoms with van der Waals surface area (Å²) in [6.07, 6.45) is 1.24. The molecule has 2 heterocycles. The third kappa shape index (κ3) is 1.72. The summed E-state index contributed by atoms with van der Waals surface area (Å²) in [5.41, 5.74) is 0.898. The van der Waals surface area contributed by atoms with E-state index in [9.17, 15) is 4.79 Å². The van der Waals surface area contributed by atoms with Crippen LogP contribution in [-0.2, 0) is 4.74 Å². The van der Waals surface area contributed by atoms with Gasteiger partial charge in [0.25, 0.3) is 0 Å². The van der Waals surface area contributed by atoms with Gasteiger partial charge in [0.05, 0.1) is 6.04 Å². The molecule has 1 aromatic heterocycles. The zero-order valence-corrected chi connectivity index (χ0v) is 7.41. The van der Waals surface area contributed by atoms with Crippen molar-refractivity contribution in [1.29, 1.82) is 0 Å². The fourth-order valence-corrected chi connectivity index (χ4v) is 1.27. The van der Waals surface area contributed by atoms with E-state index in [0.29, 0.717) is 11.8 Å². The second kappa shape index (κ2) is 3.22. The van der Waals surface area contributed by atoms with Crippen LogP contribution in [0.5, 0.6) is 0 Å². The molecule has 1 aliphatic heterocycles. The van der Waals surface area contributed by atoms with Gasteiger partial charge in [-0.15, -0.1) is 0 Å². The van der Waals surface area contributed by atoms with Crippen LogP contribution < -0.4 is 5.32 Å². The standard InChI is InChI=1S/C8H7ClN2O2/c9-7-2-1-5(3-10-7)6-4-13-8(12)11-6/h1-3,6H,4H2,(H,11,12)/t6-/m0/s1. The quantitative estimate of drug-likeness (QED) is 0.696. The first-order chi connectivity index (χ1) is 6.25. The molecule has 0 spiro atoms.